The quantitative estimate of drug-likeness (QED) is 0.843. The zero-order chi connectivity index (χ0) is 19.2. The molecule has 0 atom stereocenters. The van der Waals surface area contributed by atoms with Gasteiger partial charge in [-0.1, -0.05) is 12.1 Å². The van der Waals surface area contributed by atoms with E-state index >= 15 is 0 Å². The van der Waals surface area contributed by atoms with Gasteiger partial charge in [-0.05, 0) is 24.1 Å². The molecule has 148 valence electrons. The fraction of sp³-hybridized carbons (Fsp3) is 0.579. The Kier molecular flexibility index (Phi) is 6.63. The van der Waals surface area contributed by atoms with Crippen LogP contribution in [0.2, 0.25) is 0 Å². The summed E-state index contributed by atoms with van der Waals surface area (Å²) >= 11 is 0. The van der Waals surface area contributed by atoms with Gasteiger partial charge < -0.3 is 19.9 Å². The van der Waals surface area contributed by atoms with Crippen LogP contribution in [-0.2, 0) is 16.1 Å². The molecule has 7 nitrogen and oxygen atoms in total. The van der Waals surface area contributed by atoms with Crippen molar-refractivity contribution in [3.05, 3.63) is 35.1 Å². The molecular formula is C19H27FN4O3. The van der Waals surface area contributed by atoms with Gasteiger partial charge >= 0.3 is 6.03 Å². The van der Waals surface area contributed by atoms with Gasteiger partial charge in [0.2, 0.25) is 5.91 Å². The molecule has 2 saturated heterocycles. The number of nitrogens with one attached hydrogen (secondary N) is 1. The lowest BCUT2D eigenvalue weighted by molar-refractivity contribution is -0.122. The Morgan fingerprint density at radius 3 is 2.41 bits per heavy atom. The maximum absolute atomic E-state index is 13.3. The van der Waals surface area contributed by atoms with Gasteiger partial charge in [0.1, 0.15) is 5.82 Å². The van der Waals surface area contributed by atoms with Crippen molar-refractivity contribution in [3.8, 4) is 0 Å². The predicted octanol–water partition coefficient (Wildman–Crippen LogP) is 0.820. The number of urea groups is 1. The van der Waals surface area contributed by atoms with E-state index < -0.39 is 0 Å². The zero-order valence-electron chi connectivity index (χ0n) is 15.7. The minimum absolute atomic E-state index is 0.0640. The second-order valence-corrected chi connectivity index (χ2v) is 7.01. The van der Waals surface area contributed by atoms with Crippen molar-refractivity contribution in [2.45, 2.75) is 13.5 Å². The van der Waals surface area contributed by atoms with Crippen LogP contribution in [0, 0.1) is 12.7 Å². The van der Waals surface area contributed by atoms with Gasteiger partial charge in [0.05, 0.1) is 19.8 Å². The summed E-state index contributed by atoms with van der Waals surface area (Å²) in [5.74, 6) is -0.306. The van der Waals surface area contributed by atoms with Gasteiger partial charge in [-0.3, -0.25) is 9.69 Å². The highest BCUT2D eigenvalue weighted by atomic mass is 19.1. The number of piperazine rings is 1. The first-order valence-electron chi connectivity index (χ1n) is 9.38. The molecule has 0 saturated carbocycles. The average Bonchev–Trinajstić information content (AvgIpc) is 2.69. The van der Waals surface area contributed by atoms with Crippen molar-refractivity contribution in [3.63, 3.8) is 0 Å². The standard InChI is InChI=1S/C19H27FN4O3/c1-15-12-16(2-3-17(15)20)13-21-18(25)14-22-4-6-23(7-5-22)19(26)24-8-10-27-11-9-24/h2-3,12H,4-11,13-14H2,1H3,(H,21,25). The first kappa shape index (κ1) is 19.6. The molecule has 1 aromatic rings. The van der Waals surface area contributed by atoms with Crippen molar-refractivity contribution >= 4 is 11.9 Å². The SMILES string of the molecule is Cc1cc(CNC(=O)CN2CCN(C(=O)N3CCOCC3)CC2)ccc1F. The monoisotopic (exact) mass is 378 g/mol. The molecule has 1 aromatic carbocycles. The first-order valence-corrected chi connectivity index (χ1v) is 9.38. The molecule has 3 rings (SSSR count). The molecule has 2 heterocycles. The second-order valence-electron chi connectivity index (χ2n) is 7.01. The van der Waals surface area contributed by atoms with Crippen LogP contribution in [0.1, 0.15) is 11.1 Å². The fourth-order valence-electron chi connectivity index (χ4n) is 3.33. The van der Waals surface area contributed by atoms with Gasteiger partial charge in [-0.15, -0.1) is 0 Å². The number of amides is 3. The molecule has 0 unspecified atom stereocenters. The van der Waals surface area contributed by atoms with Crippen LogP contribution in [0.5, 0.6) is 0 Å². The van der Waals surface area contributed by atoms with E-state index in [1.807, 2.05) is 14.7 Å². The lowest BCUT2D eigenvalue weighted by atomic mass is 10.1. The molecule has 0 bridgehead atoms. The maximum Gasteiger partial charge on any atom is 0.320 e. The van der Waals surface area contributed by atoms with Gasteiger partial charge in [-0.2, -0.15) is 0 Å². The van der Waals surface area contributed by atoms with E-state index in [-0.39, 0.29) is 17.8 Å². The lowest BCUT2D eigenvalue weighted by Crippen LogP contribution is -2.55. The Morgan fingerprint density at radius 1 is 1.07 bits per heavy atom. The summed E-state index contributed by atoms with van der Waals surface area (Å²) in [5.41, 5.74) is 1.45. The maximum atomic E-state index is 13.3. The summed E-state index contributed by atoms with van der Waals surface area (Å²) in [6, 6.07) is 4.90. The van der Waals surface area contributed by atoms with Crippen LogP contribution in [0.4, 0.5) is 9.18 Å². The van der Waals surface area contributed by atoms with Crippen molar-refractivity contribution < 1.29 is 18.7 Å². The van der Waals surface area contributed by atoms with E-state index in [4.69, 9.17) is 4.74 Å². The average molecular weight is 378 g/mol. The number of rotatable bonds is 4. The minimum Gasteiger partial charge on any atom is -0.378 e. The molecule has 2 aliphatic rings. The summed E-state index contributed by atoms with van der Waals surface area (Å²) in [4.78, 5) is 30.4. The predicted molar refractivity (Wildman–Crippen MR) is 98.8 cm³/mol. The normalized spacial score (nSPS) is 18.4. The van der Waals surface area contributed by atoms with Gasteiger partial charge in [0.15, 0.2) is 0 Å². The number of hydrogen-bond donors (Lipinski definition) is 1. The third-order valence-electron chi connectivity index (χ3n) is 5.00. The third-order valence-corrected chi connectivity index (χ3v) is 5.00. The van der Waals surface area contributed by atoms with Crippen molar-refractivity contribution in [2.75, 3.05) is 59.0 Å². The third kappa shape index (κ3) is 5.40. The van der Waals surface area contributed by atoms with Crippen LogP contribution >= 0.6 is 0 Å². The number of ether oxygens (including phenoxy) is 1. The zero-order valence-corrected chi connectivity index (χ0v) is 15.7. The van der Waals surface area contributed by atoms with E-state index in [1.165, 1.54) is 6.07 Å². The fourth-order valence-corrected chi connectivity index (χ4v) is 3.33. The van der Waals surface area contributed by atoms with Gasteiger partial charge in [0.25, 0.3) is 0 Å². The molecule has 27 heavy (non-hydrogen) atoms. The molecule has 0 radical (unpaired) electrons. The summed E-state index contributed by atoms with van der Waals surface area (Å²) in [5, 5.41) is 2.87. The highest BCUT2D eigenvalue weighted by molar-refractivity contribution is 5.78. The van der Waals surface area contributed by atoms with Crippen LogP contribution in [0.3, 0.4) is 0 Å². The van der Waals surface area contributed by atoms with E-state index in [2.05, 4.69) is 5.32 Å². The van der Waals surface area contributed by atoms with Crippen molar-refractivity contribution in [2.24, 2.45) is 0 Å². The van der Waals surface area contributed by atoms with Gasteiger partial charge in [0, 0.05) is 45.8 Å². The van der Waals surface area contributed by atoms with Crippen LogP contribution in [0.25, 0.3) is 0 Å². The van der Waals surface area contributed by atoms with Crippen LogP contribution in [-0.4, -0.2) is 85.7 Å². The Bertz CT molecular complexity index is 671. The molecule has 8 heteroatoms. The van der Waals surface area contributed by atoms with Crippen molar-refractivity contribution in [1.29, 1.82) is 0 Å². The van der Waals surface area contributed by atoms with E-state index in [0.29, 0.717) is 71.1 Å². The first-order chi connectivity index (χ1) is 13.0. The largest absolute Gasteiger partial charge is 0.378 e. The Hall–Kier alpha value is -2.19. The Labute approximate surface area is 159 Å². The molecule has 0 aromatic heterocycles. The second kappa shape index (κ2) is 9.14. The highest BCUT2D eigenvalue weighted by Crippen LogP contribution is 2.10. The summed E-state index contributed by atoms with van der Waals surface area (Å²) in [6.07, 6.45) is 0. The molecule has 2 fully saturated rings. The summed E-state index contributed by atoms with van der Waals surface area (Å²) in [6.45, 7) is 7.49. The van der Waals surface area contributed by atoms with Gasteiger partial charge in [-0.25, -0.2) is 9.18 Å². The lowest BCUT2D eigenvalue weighted by Gasteiger charge is -2.38. The number of aryl methyl sites for hydroxylation is 1. The summed E-state index contributed by atoms with van der Waals surface area (Å²) < 4.78 is 18.6. The molecule has 3 amide bonds. The highest BCUT2D eigenvalue weighted by Gasteiger charge is 2.26. The summed E-state index contributed by atoms with van der Waals surface area (Å²) in [7, 11) is 0. The number of carbonyl (C=O) groups is 2. The smallest absolute Gasteiger partial charge is 0.320 e. The van der Waals surface area contributed by atoms with E-state index in [1.54, 1.807) is 19.1 Å². The van der Waals surface area contributed by atoms with Crippen LogP contribution < -0.4 is 5.32 Å². The molecule has 1 N–H and O–H groups in total. The number of benzene rings is 1. The number of hydrogen-bond acceptors (Lipinski definition) is 4. The molecule has 0 spiro atoms. The number of morpholine rings is 1. The van der Waals surface area contributed by atoms with E-state index in [9.17, 15) is 14.0 Å². The molecule has 2 aliphatic heterocycles. The minimum atomic E-state index is -0.241. The number of nitrogens with zero attached hydrogens (tertiary/aromatic N) is 3. The Morgan fingerprint density at radius 2 is 1.74 bits per heavy atom. The molecular weight excluding hydrogens is 351 g/mol. The van der Waals surface area contributed by atoms with Crippen LogP contribution in [0.15, 0.2) is 18.2 Å². The topological polar surface area (TPSA) is 65.1 Å². The molecule has 0 aliphatic carbocycles. The van der Waals surface area contributed by atoms with E-state index in [0.717, 1.165) is 5.56 Å². The number of carbonyl (C=O) groups excluding carboxylic acids is 2. The number of halogens is 1. The Balaban J connectivity index is 1.38. The van der Waals surface area contributed by atoms with Crippen molar-refractivity contribution in [1.82, 2.24) is 20.0 Å².